The summed E-state index contributed by atoms with van der Waals surface area (Å²) in [5.74, 6) is -1.79. The van der Waals surface area contributed by atoms with E-state index in [1.54, 1.807) is 0 Å². The number of aliphatic carboxylic acids is 1. The maximum Gasteiger partial charge on any atom is 0.310 e. The van der Waals surface area contributed by atoms with Gasteiger partial charge in [-0.05, 0) is 50.2 Å². The fraction of sp³-hybridized carbons (Fsp3) is 0.600. The summed E-state index contributed by atoms with van der Waals surface area (Å²) in [6.07, 6.45) is 0.522. The third-order valence-electron chi connectivity index (χ3n) is 4.42. The van der Waals surface area contributed by atoms with Gasteiger partial charge < -0.3 is 5.11 Å². The first-order valence-electron chi connectivity index (χ1n) is 8.64. The molecule has 140 valence electrons. The Hall–Kier alpha value is -1.54. The van der Waals surface area contributed by atoms with Crippen LogP contribution in [0, 0.1) is 44.4 Å². The van der Waals surface area contributed by atoms with Crippen LogP contribution in [0.15, 0.2) is 12.1 Å². The lowest BCUT2D eigenvalue weighted by Crippen LogP contribution is -2.35. The Bertz CT molecular complexity index is 585. The van der Waals surface area contributed by atoms with Crippen LogP contribution in [-0.4, -0.2) is 16.9 Å². The van der Waals surface area contributed by atoms with Crippen LogP contribution >= 0.6 is 9.12 Å². The molecule has 1 rings (SSSR count). The molecule has 1 aromatic rings. The standard InChI is InChI=1S/C20H30O3.H2OP/c1-11(2)8-16(20(22)23)17(12(3)4)19(21)18-14(6)9-13(5)10-15(18)7;1-2/h9-12,16-17H,8H2,1-7H3,(H,22,23);2H2/q;+1. The van der Waals surface area contributed by atoms with Crippen molar-refractivity contribution in [2.75, 3.05) is 0 Å². The average Bonchev–Trinajstić information content (AvgIpc) is 2.46. The molecule has 1 aromatic carbocycles. The summed E-state index contributed by atoms with van der Waals surface area (Å²) in [7, 11) is 1.17. The molecule has 1 N–H and O–H groups in total. The highest BCUT2D eigenvalue weighted by atomic mass is 31.0. The van der Waals surface area contributed by atoms with Gasteiger partial charge in [0.05, 0.1) is 5.92 Å². The number of carboxylic acid groups (broad SMARTS) is 1. The predicted octanol–water partition coefficient (Wildman–Crippen LogP) is 5.02. The minimum Gasteiger partial charge on any atom is -0.481 e. The molecule has 0 bridgehead atoms. The Labute approximate surface area is 153 Å². The van der Waals surface area contributed by atoms with Crippen LogP contribution in [0.3, 0.4) is 0 Å². The van der Waals surface area contributed by atoms with E-state index in [4.69, 9.17) is 4.57 Å². The Morgan fingerprint density at radius 3 is 1.76 bits per heavy atom. The van der Waals surface area contributed by atoms with Crippen molar-refractivity contribution in [2.45, 2.75) is 54.9 Å². The van der Waals surface area contributed by atoms with Gasteiger partial charge in [0.1, 0.15) is 0 Å². The Morgan fingerprint density at radius 2 is 1.44 bits per heavy atom. The van der Waals surface area contributed by atoms with E-state index in [2.05, 4.69) is 0 Å². The van der Waals surface area contributed by atoms with Crippen LogP contribution in [0.1, 0.15) is 61.2 Å². The third kappa shape index (κ3) is 6.36. The van der Waals surface area contributed by atoms with Gasteiger partial charge in [0, 0.05) is 11.5 Å². The molecule has 0 saturated carbocycles. The van der Waals surface area contributed by atoms with E-state index in [1.807, 2.05) is 60.6 Å². The number of ketones is 1. The monoisotopic (exact) mass is 367 g/mol. The van der Waals surface area contributed by atoms with Crippen LogP contribution < -0.4 is 0 Å². The van der Waals surface area contributed by atoms with Gasteiger partial charge in [-0.3, -0.25) is 9.59 Å². The summed E-state index contributed by atoms with van der Waals surface area (Å²) in [6.45, 7) is 13.8. The minimum absolute atomic E-state index is 0.0116. The maximum atomic E-state index is 13.2. The summed E-state index contributed by atoms with van der Waals surface area (Å²) in [5, 5.41) is 9.67. The van der Waals surface area contributed by atoms with Crippen LogP contribution in [0.25, 0.3) is 0 Å². The molecule has 0 radical (unpaired) electrons. The zero-order valence-electron chi connectivity index (χ0n) is 16.4. The van der Waals surface area contributed by atoms with E-state index in [1.165, 1.54) is 9.12 Å². The van der Waals surface area contributed by atoms with E-state index in [0.29, 0.717) is 12.0 Å². The number of carboxylic acids is 1. The van der Waals surface area contributed by atoms with Crippen LogP contribution in [-0.2, 0) is 9.36 Å². The van der Waals surface area contributed by atoms with Crippen molar-refractivity contribution in [3.63, 3.8) is 0 Å². The molecule has 5 heteroatoms. The zero-order chi connectivity index (χ0) is 19.9. The van der Waals surface area contributed by atoms with Crippen molar-refractivity contribution < 1.29 is 19.3 Å². The second kappa shape index (κ2) is 10.5. The molecule has 0 fully saturated rings. The predicted molar refractivity (Wildman–Crippen MR) is 104 cm³/mol. The lowest BCUT2D eigenvalue weighted by molar-refractivity contribution is -0.144. The number of hydrogen-bond donors (Lipinski definition) is 1. The van der Waals surface area contributed by atoms with Crippen molar-refractivity contribution in [2.24, 2.45) is 23.7 Å². The number of hydrogen-bond acceptors (Lipinski definition) is 3. The lowest BCUT2D eigenvalue weighted by Gasteiger charge is -2.28. The SMILES string of the molecule is Cc1cc(C)c(C(=O)C(C(C)C)C(CC(C)C)C(=O)O)c(C)c1.O=[PH2+]. The zero-order valence-corrected chi connectivity index (χ0v) is 17.6. The van der Waals surface area contributed by atoms with E-state index >= 15 is 0 Å². The minimum atomic E-state index is -0.867. The van der Waals surface area contributed by atoms with Gasteiger partial charge in [0.15, 0.2) is 5.78 Å². The van der Waals surface area contributed by atoms with Crippen LogP contribution in [0.5, 0.6) is 0 Å². The fourth-order valence-electron chi connectivity index (χ4n) is 3.59. The molecule has 4 nitrogen and oxygen atoms in total. The topological polar surface area (TPSA) is 71.4 Å². The highest BCUT2D eigenvalue weighted by Gasteiger charge is 2.37. The molecule has 0 amide bonds. The van der Waals surface area contributed by atoms with Gasteiger partial charge >= 0.3 is 15.1 Å². The molecular formula is C20H32O4P+. The van der Waals surface area contributed by atoms with Gasteiger partial charge in [-0.25, -0.2) is 0 Å². The molecule has 0 aromatic heterocycles. The van der Waals surface area contributed by atoms with E-state index < -0.39 is 17.8 Å². The average molecular weight is 367 g/mol. The quantitative estimate of drug-likeness (QED) is 0.542. The van der Waals surface area contributed by atoms with Gasteiger partial charge in [-0.2, -0.15) is 0 Å². The summed E-state index contributed by atoms with van der Waals surface area (Å²) in [4.78, 5) is 25.0. The summed E-state index contributed by atoms with van der Waals surface area (Å²) in [5.41, 5.74) is 3.69. The molecule has 25 heavy (non-hydrogen) atoms. The number of carbonyl (C=O) groups excluding carboxylic acids is 1. The van der Waals surface area contributed by atoms with Crippen molar-refractivity contribution in [3.8, 4) is 0 Å². The van der Waals surface area contributed by atoms with Gasteiger partial charge in [-0.1, -0.05) is 50.0 Å². The Morgan fingerprint density at radius 1 is 1.00 bits per heavy atom. The Kier molecular flexibility index (Phi) is 9.81. The smallest absolute Gasteiger partial charge is 0.310 e. The molecule has 0 aliphatic heterocycles. The normalized spacial score (nSPS) is 13.2. The molecule has 0 saturated heterocycles. The van der Waals surface area contributed by atoms with Crippen molar-refractivity contribution >= 4 is 20.9 Å². The van der Waals surface area contributed by atoms with Gasteiger partial charge in [0.25, 0.3) is 0 Å². The lowest BCUT2D eigenvalue weighted by atomic mass is 9.73. The molecular weight excluding hydrogens is 335 g/mol. The maximum absolute atomic E-state index is 13.2. The first-order valence-corrected chi connectivity index (χ1v) is 9.11. The number of rotatable bonds is 7. The number of carbonyl (C=O) groups is 2. The highest BCUT2D eigenvalue weighted by Crippen LogP contribution is 2.32. The Balaban J connectivity index is 0.00000277. The third-order valence-corrected chi connectivity index (χ3v) is 4.42. The van der Waals surface area contributed by atoms with Crippen molar-refractivity contribution in [1.29, 1.82) is 0 Å². The molecule has 0 spiro atoms. The molecule has 3 unspecified atom stereocenters. The van der Waals surface area contributed by atoms with Crippen molar-refractivity contribution in [3.05, 3.63) is 34.4 Å². The first kappa shape index (κ1) is 23.5. The van der Waals surface area contributed by atoms with E-state index in [0.717, 1.165) is 16.7 Å². The van der Waals surface area contributed by atoms with Crippen LogP contribution in [0.2, 0.25) is 0 Å². The fourth-order valence-corrected chi connectivity index (χ4v) is 3.59. The second-order valence-corrected chi connectivity index (χ2v) is 7.48. The summed E-state index contributed by atoms with van der Waals surface area (Å²) >= 11 is 0. The largest absolute Gasteiger partial charge is 0.481 e. The van der Waals surface area contributed by atoms with E-state index in [9.17, 15) is 14.7 Å². The van der Waals surface area contributed by atoms with Gasteiger partial charge in [-0.15, -0.1) is 0 Å². The molecule has 0 aliphatic rings. The first-order chi connectivity index (χ1) is 11.6. The highest BCUT2D eigenvalue weighted by molar-refractivity contribution is 7.00. The van der Waals surface area contributed by atoms with Crippen LogP contribution in [0.4, 0.5) is 0 Å². The second-order valence-electron chi connectivity index (χ2n) is 7.48. The van der Waals surface area contributed by atoms with E-state index in [-0.39, 0.29) is 17.6 Å². The van der Waals surface area contributed by atoms with Crippen molar-refractivity contribution in [1.82, 2.24) is 0 Å². The summed E-state index contributed by atoms with van der Waals surface area (Å²) < 4.78 is 8.17. The number of aryl methyl sites for hydroxylation is 3. The number of benzene rings is 1. The number of Topliss-reactive ketones (excluding diaryl/α,β-unsaturated/α-hetero) is 1. The summed E-state index contributed by atoms with van der Waals surface area (Å²) in [6, 6.07) is 3.99. The molecule has 3 atom stereocenters. The molecule has 0 heterocycles. The molecule has 0 aliphatic carbocycles. The van der Waals surface area contributed by atoms with Gasteiger partial charge in [0.2, 0.25) is 0 Å².